The lowest BCUT2D eigenvalue weighted by atomic mass is 10.2. The number of nitrogens with one attached hydrogen (secondary N) is 2. The van der Waals surface area contributed by atoms with E-state index in [1.54, 1.807) is 12.1 Å². The number of amides is 2. The van der Waals surface area contributed by atoms with Crippen LogP contribution in [0.4, 0.5) is 5.69 Å². The number of fused-ring (bicyclic) bond motifs is 1. The van der Waals surface area contributed by atoms with Crippen molar-refractivity contribution in [3.8, 4) is 0 Å². The van der Waals surface area contributed by atoms with Crippen molar-refractivity contribution in [2.45, 2.75) is 19.4 Å². The van der Waals surface area contributed by atoms with Gasteiger partial charge in [0.15, 0.2) is 5.76 Å². The number of carbonyl (C=O) groups is 2. The van der Waals surface area contributed by atoms with Gasteiger partial charge in [-0.1, -0.05) is 30.3 Å². The Morgan fingerprint density at radius 3 is 2.57 bits per heavy atom. The molecule has 2 aromatic carbocycles. The summed E-state index contributed by atoms with van der Waals surface area (Å²) in [5, 5.41) is 5.75. The topological polar surface area (TPSA) is 89.2 Å². The number of furan rings is 1. The number of benzene rings is 2. The first-order chi connectivity index (χ1) is 14.7. The number of rotatable bonds is 8. The molecule has 0 fully saturated rings. The molecule has 0 aliphatic rings. The van der Waals surface area contributed by atoms with Crippen molar-refractivity contribution in [3.05, 3.63) is 84.6 Å². The van der Waals surface area contributed by atoms with Crippen LogP contribution in [0.15, 0.2) is 77.4 Å². The number of hydrogen-bond acceptors (Lipinski definition) is 4. The molecule has 152 valence electrons. The first kappa shape index (κ1) is 19.4. The zero-order valence-electron chi connectivity index (χ0n) is 16.4. The summed E-state index contributed by atoms with van der Waals surface area (Å²) in [5.41, 5.74) is 2.52. The molecular formula is C23H22N4O3. The fraction of sp³-hybridized carbons (Fsp3) is 0.174. The SMILES string of the molecule is O=C(Cn1c(CCCNC(=O)c2ccco2)nc2ccccc21)Nc1ccccc1. The second-order valence-electron chi connectivity index (χ2n) is 6.85. The molecular weight excluding hydrogens is 380 g/mol. The fourth-order valence-corrected chi connectivity index (χ4v) is 3.30. The van der Waals surface area contributed by atoms with E-state index in [9.17, 15) is 9.59 Å². The van der Waals surface area contributed by atoms with Crippen molar-refractivity contribution in [2.75, 3.05) is 11.9 Å². The quantitative estimate of drug-likeness (QED) is 0.441. The van der Waals surface area contributed by atoms with Crippen LogP contribution in [-0.2, 0) is 17.8 Å². The second kappa shape index (κ2) is 9.09. The highest BCUT2D eigenvalue weighted by molar-refractivity contribution is 5.92. The maximum Gasteiger partial charge on any atom is 0.286 e. The predicted molar refractivity (Wildman–Crippen MR) is 114 cm³/mol. The van der Waals surface area contributed by atoms with E-state index in [2.05, 4.69) is 10.6 Å². The summed E-state index contributed by atoms with van der Waals surface area (Å²) in [7, 11) is 0. The van der Waals surface area contributed by atoms with E-state index >= 15 is 0 Å². The van der Waals surface area contributed by atoms with E-state index in [4.69, 9.17) is 9.40 Å². The third kappa shape index (κ3) is 4.57. The van der Waals surface area contributed by atoms with E-state index in [-0.39, 0.29) is 18.4 Å². The lowest BCUT2D eigenvalue weighted by Crippen LogP contribution is -2.25. The molecule has 2 amide bonds. The fourth-order valence-electron chi connectivity index (χ4n) is 3.30. The van der Waals surface area contributed by atoms with Crippen molar-refractivity contribution in [1.29, 1.82) is 0 Å². The molecule has 0 aliphatic carbocycles. The Bertz CT molecular complexity index is 1130. The van der Waals surface area contributed by atoms with Gasteiger partial charge in [-0.3, -0.25) is 9.59 Å². The third-order valence-electron chi connectivity index (χ3n) is 4.70. The van der Waals surface area contributed by atoms with Gasteiger partial charge in [-0.2, -0.15) is 0 Å². The van der Waals surface area contributed by atoms with Crippen molar-refractivity contribution in [1.82, 2.24) is 14.9 Å². The summed E-state index contributed by atoms with van der Waals surface area (Å²) in [6.07, 6.45) is 2.79. The highest BCUT2D eigenvalue weighted by Crippen LogP contribution is 2.17. The van der Waals surface area contributed by atoms with Gasteiger partial charge in [-0.25, -0.2) is 4.98 Å². The maximum absolute atomic E-state index is 12.6. The van der Waals surface area contributed by atoms with Gasteiger partial charge < -0.3 is 19.6 Å². The van der Waals surface area contributed by atoms with Gasteiger partial charge in [-0.15, -0.1) is 0 Å². The monoisotopic (exact) mass is 402 g/mol. The van der Waals surface area contributed by atoms with Gasteiger partial charge >= 0.3 is 0 Å². The first-order valence-electron chi connectivity index (χ1n) is 9.81. The molecule has 0 unspecified atom stereocenters. The summed E-state index contributed by atoms with van der Waals surface area (Å²) in [6, 6.07) is 20.4. The normalized spacial score (nSPS) is 10.8. The first-order valence-corrected chi connectivity index (χ1v) is 9.81. The van der Waals surface area contributed by atoms with Crippen LogP contribution < -0.4 is 10.6 Å². The van der Waals surface area contributed by atoms with Gasteiger partial charge in [-0.05, 0) is 42.8 Å². The van der Waals surface area contributed by atoms with Crippen LogP contribution in [0.25, 0.3) is 11.0 Å². The molecule has 30 heavy (non-hydrogen) atoms. The molecule has 2 N–H and O–H groups in total. The molecule has 0 bridgehead atoms. The number of anilines is 1. The van der Waals surface area contributed by atoms with E-state index in [1.165, 1.54) is 6.26 Å². The molecule has 0 radical (unpaired) electrons. The van der Waals surface area contributed by atoms with E-state index in [1.807, 2.05) is 59.2 Å². The van der Waals surface area contributed by atoms with E-state index in [0.717, 1.165) is 22.5 Å². The van der Waals surface area contributed by atoms with Crippen LogP contribution >= 0.6 is 0 Å². The Balaban J connectivity index is 1.42. The van der Waals surface area contributed by atoms with Crippen LogP contribution in [0.2, 0.25) is 0 Å². The van der Waals surface area contributed by atoms with Gasteiger partial charge in [0.05, 0.1) is 17.3 Å². The van der Waals surface area contributed by atoms with Crippen molar-refractivity contribution >= 4 is 28.5 Å². The van der Waals surface area contributed by atoms with Gasteiger partial charge in [0.1, 0.15) is 12.4 Å². The molecule has 0 atom stereocenters. The van der Waals surface area contributed by atoms with Crippen molar-refractivity contribution < 1.29 is 14.0 Å². The van der Waals surface area contributed by atoms with Crippen LogP contribution in [0.1, 0.15) is 22.8 Å². The van der Waals surface area contributed by atoms with Crippen LogP contribution in [0.3, 0.4) is 0 Å². The van der Waals surface area contributed by atoms with E-state index < -0.39 is 0 Å². The Kier molecular flexibility index (Phi) is 5.89. The Morgan fingerprint density at radius 2 is 1.77 bits per heavy atom. The number of aryl methyl sites for hydroxylation is 1. The molecule has 0 saturated carbocycles. The van der Waals surface area contributed by atoms with Crippen LogP contribution in [0, 0.1) is 0 Å². The average molecular weight is 402 g/mol. The Labute approximate surface area is 173 Å². The van der Waals surface area contributed by atoms with Gasteiger partial charge in [0, 0.05) is 18.7 Å². The molecule has 4 rings (SSSR count). The molecule has 7 nitrogen and oxygen atoms in total. The summed E-state index contributed by atoms with van der Waals surface area (Å²) in [6.45, 7) is 0.655. The van der Waals surface area contributed by atoms with E-state index in [0.29, 0.717) is 25.1 Å². The minimum atomic E-state index is -0.240. The molecule has 0 saturated heterocycles. The van der Waals surface area contributed by atoms with Gasteiger partial charge in [0.25, 0.3) is 5.91 Å². The Hall–Kier alpha value is -3.87. The van der Waals surface area contributed by atoms with Crippen LogP contribution in [-0.4, -0.2) is 27.9 Å². The Morgan fingerprint density at radius 1 is 0.967 bits per heavy atom. The third-order valence-corrected chi connectivity index (χ3v) is 4.70. The lowest BCUT2D eigenvalue weighted by molar-refractivity contribution is -0.116. The standard InChI is InChI=1S/C23H22N4O3/c28-22(25-17-8-2-1-3-9-17)16-27-19-11-5-4-10-18(19)26-21(27)13-6-14-24-23(29)20-12-7-15-30-20/h1-5,7-12,15H,6,13-14,16H2,(H,24,29)(H,25,28). The largest absolute Gasteiger partial charge is 0.459 e. The number of hydrogen-bond donors (Lipinski definition) is 2. The molecule has 0 aliphatic heterocycles. The molecule has 4 aromatic rings. The number of carbonyl (C=O) groups excluding carboxylic acids is 2. The molecule has 0 spiro atoms. The number of nitrogens with zero attached hydrogens (tertiary/aromatic N) is 2. The van der Waals surface area contributed by atoms with Crippen LogP contribution in [0.5, 0.6) is 0 Å². The minimum absolute atomic E-state index is 0.114. The zero-order valence-corrected chi connectivity index (χ0v) is 16.4. The molecule has 2 aromatic heterocycles. The predicted octanol–water partition coefficient (Wildman–Crippen LogP) is 3.63. The smallest absolute Gasteiger partial charge is 0.286 e. The maximum atomic E-state index is 12.6. The van der Waals surface area contributed by atoms with Crippen molar-refractivity contribution in [2.24, 2.45) is 0 Å². The zero-order chi connectivity index (χ0) is 20.8. The number of imidazole rings is 1. The number of aromatic nitrogens is 2. The van der Waals surface area contributed by atoms with Gasteiger partial charge in [0.2, 0.25) is 5.91 Å². The molecule has 2 heterocycles. The second-order valence-corrected chi connectivity index (χ2v) is 6.85. The highest BCUT2D eigenvalue weighted by Gasteiger charge is 2.14. The number of para-hydroxylation sites is 3. The van der Waals surface area contributed by atoms with Crippen molar-refractivity contribution in [3.63, 3.8) is 0 Å². The average Bonchev–Trinajstić information content (AvgIpc) is 3.41. The highest BCUT2D eigenvalue weighted by atomic mass is 16.3. The summed E-state index contributed by atoms with van der Waals surface area (Å²) >= 11 is 0. The lowest BCUT2D eigenvalue weighted by Gasteiger charge is -2.10. The summed E-state index contributed by atoms with van der Waals surface area (Å²) < 4.78 is 7.02. The minimum Gasteiger partial charge on any atom is -0.459 e. The summed E-state index contributed by atoms with van der Waals surface area (Å²) in [5.74, 6) is 0.749. The summed E-state index contributed by atoms with van der Waals surface area (Å²) in [4.78, 5) is 29.3. The molecule has 7 heteroatoms.